The molecule has 1 N–H and O–H groups in total. The summed E-state index contributed by atoms with van der Waals surface area (Å²) in [4.78, 5) is 20.2. The SMILES string of the molecule is C[C@H]1CN(c2ncc(-c3cnccn3)c(C3CC3)n2)CC[C@@H]1O. The maximum atomic E-state index is 9.91. The van der Waals surface area contributed by atoms with Crippen LogP contribution in [0.15, 0.2) is 24.8 Å². The van der Waals surface area contributed by atoms with E-state index in [9.17, 15) is 5.11 Å². The fraction of sp³-hybridized carbons (Fsp3) is 0.529. The molecule has 6 nitrogen and oxygen atoms in total. The van der Waals surface area contributed by atoms with Crippen molar-refractivity contribution in [3.63, 3.8) is 0 Å². The zero-order chi connectivity index (χ0) is 15.8. The highest BCUT2D eigenvalue weighted by molar-refractivity contribution is 5.62. The molecule has 3 heterocycles. The number of piperidine rings is 1. The van der Waals surface area contributed by atoms with Crippen LogP contribution in [-0.2, 0) is 0 Å². The summed E-state index contributed by atoms with van der Waals surface area (Å²) in [6.45, 7) is 3.68. The van der Waals surface area contributed by atoms with Crippen LogP contribution in [0.1, 0.15) is 37.8 Å². The zero-order valence-electron chi connectivity index (χ0n) is 13.3. The van der Waals surface area contributed by atoms with Gasteiger partial charge in [-0.25, -0.2) is 9.97 Å². The Morgan fingerprint density at radius 1 is 1.13 bits per heavy atom. The van der Waals surface area contributed by atoms with Gasteiger partial charge in [-0.3, -0.25) is 9.97 Å². The van der Waals surface area contributed by atoms with E-state index in [2.05, 4.69) is 26.8 Å². The molecule has 0 spiro atoms. The second-order valence-electron chi connectivity index (χ2n) is 6.61. The average Bonchev–Trinajstić information content (AvgIpc) is 3.43. The summed E-state index contributed by atoms with van der Waals surface area (Å²) in [5, 5.41) is 9.91. The highest BCUT2D eigenvalue weighted by atomic mass is 16.3. The van der Waals surface area contributed by atoms with Gasteiger partial charge in [-0.15, -0.1) is 0 Å². The normalized spacial score (nSPS) is 24.7. The van der Waals surface area contributed by atoms with Gasteiger partial charge in [-0.05, 0) is 25.2 Å². The quantitative estimate of drug-likeness (QED) is 0.934. The third kappa shape index (κ3) is 2.91. The van der Waals surface area contributed by atoms with Crippen molar-refractivity contribution in [2.45, 2.75) is 38.2 Å². The minimum atomic E-state index is -0.215. The molecule has 4 rings (SSSR count). The van der Waals surface area contributed by atoms with Crippen LogP contribution in [0, 0.1) is 5.92 Å². The third-order valence-electron chi connectivity index (χ3n) is 4.75. The number of hydrogen-bond acceptors (Lipinski definition) is 6. The Bertz CT molecular complexity index is 689. The van der Waals surface area contributed by atoms with Crippen molar-refractivity contribution in [2.75, 3.05) is 18.0 Å². The Morgan fingerprint density at radius 3 is 2.70 bits per heavy atom. The smallest absolute Gasteiger partial charge is 0.225 e. The van der Waals surface area contributed by atoms with Crippen molar-refractivity contribution in [1.82, 2.24) is 19.9 Å². The first kappa shape index (κ1) is 14.5. The average molecular weight is 311 g/mol. The number of aliphatic hydroxyl groups is 1. The van der Waals surface area contributed by atoms with Crippen LogP contribution in [0.4, 0.5) is 5.95 Å². The summed E-state index contributed by atoms with van der Waals surface area (Å²) in [5.41, 5.74) is 2.92. The molecule has 6 heteroatoms. The van der Waals surface area contributed by atoms with Crippen molar-refractivity contribution < 1.29 is 5.11 Å². The highest BCUT2D eigenvalue weighted by Gasteiger charge is 2.31. The number of aliphatic hydroxyl groups excluding tert-OH is 1. The Morgan fingerprint density at radius 2 is 2.00 bits per heavy atom. The topological polar surface area (TPSA) is 75.0 Å². The van der Waals surface area contributed by atoms with Crippen LogP contribution in [-0.4, -0.2) is 44.2 Å². The largest absolute Gasteiger partial charge is 0.393 e. The maximum Gasteiger partial charge on any atom is 0.225 e. The van der Waals surface area contributed by atoms with Crippen LogP contribution in [0.2, 0.25) is 0 Å². The lowest BCUT2D eigenvalue weighted by Crippen LogP contribution is -2.42. The molecule has 23 heavy (non-hydrogen) atoms. The van der Waals surface area contributed by atoms with Crippen molar-refractivity contribution >= 4 is 5.95 Å². The van der Waals surface area contributed by atoms with E-state index in [0.717, 1.165) is 42.4 Å². The predicted octanol–water partition coefficient (Wildman–Crippen LogP) is 2.02. The number of rotatable bonds is 3. The van der Waals surface area contributed by atoms with Crippen LogP contribution in [0.3, 0.4) is 0 Å². The van der Waals surface area contributed by atoms with E-state index < -0.39 is 0 Å². The molecule has 2 aromatic heterocycles. The first-order chi connectivity index (χ1) is 11.2. The zero-order valence-corrected chi connectivity index (χ0v) is 13.3. The molecule has 0 radical (unpaired) electrons. The van der Waals surface area contributed by atoms with E-state index >= 15 is 0 Å². The number of aromatic nitrogens is 4. The molecule has 2 aromatic rings. The van der Waals surface area contributed by atoms with E-state index in [4.69, 9.17) is 4.98 Å². The van der Waals surface area contributed by atoms with E-state index in [0.29, 0.717) is 5.92 Å². The number of nitrogens with zero attached hydrogens (tertiary/aromatic N) is 5. The summed E-state index contributed by atoms with van der Waals surface area (Å²) in [6.07, 6.45) is 9.95. The van der Waals surface area contributed by atoms with E-state index in [-0.39, 0.29) is 12.0 Å². The first-order valence-electron chi connectivity index (χ1n) is 8.28. The fourth-order valence-electron chi connectivity index (χ4n) is 3.16. The van der Waals surface area contributed by atoms with Crippen LogP contribution in [0.5, 0.6) is 0 Å². The van der Waals surface area contributed by atoms with Gasteiger partial charge >= 0.3 is 0 Å². The van der Waals surface area contributed by atoms with Gasteiger partial charge in [0.1, 0.15) is 0 Å². The Hall–Kier alpha value is -2.08. The number of anilines is 1. The highest BCUT2D eigenvalue weighted by Crippen LogP contribution is 2.43. The van der Waals surface area contributed by atoms with Gasteiger partial charge in [0.2, 0.25) is 5.95 Å². The van der Waals surface area contributed by atoms with Crippen molar-refractivity contribution in [3.8, 4) is 11.3 Å². The summed E-state index contributed by atoms with van der Waals surface area (Å²) >= 11 is 0. The van der Waals surface area contributed by atoms with Crippen molar-refractivity contribution in [3.05, 3.63) is 30.5 Å². The summed E-state index contributed by atoms with van der Waals surface area (Å²) < 4.78 is 0. The lowest BCUT2D eigenvalue weighted by atomic mass is 9.97. The maximum absolute atomic E-state index is 9.91. The monoisotopic (exact) mass is 311 g/mol. The van der Waals surface area contributed by atoms with Gasteiger partial charge in [-0.1, -0.05) is 6.92 Å². The minimum Gasteiger partial charge on any atom is -0.393 e. The van der Waals surface area contributed by atoms with Gasteiger partial charge in [0.15, 0.2) is 0 Å². The van der Waals surface area contributed by atoms with Gasteiger partial charge in [-0.2, -0.15) is 0 Å². The molecule has 0 bridgehead atoms. The Labute approximate surface area is 135 Å². The van der Waals surface area contributed by atoms with Gasteiger partial charge < -0.3 is 10.0 Å². The summed E-state index contributed by atoms with van der Waals surface area (Å²) in [7, 11) is 0. The second kappa shape index (κ2) is 5.85. The first-order valence-corrected chi connectivity index (χ1v) is 8.28. The van der Waals surface area contributed by atoms with Crippen molar-refractivity contribution in [2.24, 2.45) is 5.92 Å². The molecule has 120 valence electrons. The van der Waals surface area contributed by atoms with Crippen LogP contribution < -0.4 is 4.90 Å². The van der Waals surface area contributed by atoms with Gasteiger partial charge in [0, 0.05) is 43.2 Å². The van der Waals surface area contributed by atoms with Crippen molar-refractivity contribution in [1.29, 1.82) is 0 Å². The summed E-state index contributed by atoms with van der Waals surface area (Å²) in [5.74, 6) is 1.54. The molecule has 0 aromatic carbocycles. The molecule has 0 unspecified atom stereocenters. The van der Waals surface area contributed by atoms with E-state index in [1.807, 2.05) is 6.20 Å². The summed E-state index contributed by atoms with van der Waals surface area (Å²) in [6, 6.07) is 0. The van der Waals surface area contributed by atoms with Crippen LogP contribution in [0.25, 0.3) is 11.3 Å². The fourth-order valence-corrected chi connectivity index (χ4v) is 3.16. The minimum absolute atomic E-state index is 0.215. The molecule has 1 aliphatic heterocycles. The molecule has 0 amide bonds. The van der Waals surface area contributed by atoms with E-state index in [1.165, 1.54) is 12.8 Å². The predicted molar refractivity (Wildman–Crippen MR) is 87.0 cm³/mol. The van der Waals surface area contributed by atoms with Gasteiger partial charge in [0.25, 0.3) is 0 Å². The number of hydrogen-bond donors (Lipinski definition) is 1. The van der Waals surface area contributed by atoms with E-state index in [1.54, 1.807) is 18.6 Å². The molecule has 1 saturated carbocycles. The molecular formula is C17H21N5O. The van der Waals surface area contributed by atoms with Gasteiger partial charge in [0.05, 0.1) is 23.7 Å². The third-order valence-corrected chi connectivity index (χ3v) is 4.75. The molecule has 2 fully saturated rings. The lowest BCUT2D eigenvalue weighted by Gasteiger charge is -2.34. The molecule has 2 aliphatic rings. The standard InChI is InChI=1S/C17H21N5O/c1-11-10-22(7-4-15(11)23)17-20-8-13(14-9-18-5-6-19-14)16(21-17)12-2-3-12/h5-6,8-9,11-12,15,23H,2-4,7,10H2,1H3/t11-,15-/m0/s1. The molecule has 2 atom stereocenters. The Kier molecular flexibility index (Phi) is 3.69. The van der Waals surface area contributed by atoms with Crippen LogP contribution >= 0.6 is 0 Å². The lowest BCUT2D eigenvalue weighted by molar-refractivity contribution is 0.0966. The molecular weight excluding hydrogens is 290 g/mol. The molecule has 1 saturated heterocycles. The Balaban J connectivity index is 1.67. The second-order valence-corrected chi connectivity index (χ2v) is 6.61. The molecule has 1 aliphatic carbocycles.